The SMILES string of the molecule is CN(C1CCC(O)(c2ccc(-c3cnccn3)cn2)CC1)[C@H]1CCN(C(=O)CCC(=O)c2cccc(C(F)(F)F)c2)C1. The molecule has 5 rings (SSSR count). The molecule has 1 saturated carbocycles. The van der Waals surface area contributed by atoms with E-state index in [2.05, 4.69) is 26.9 Å². The van der Waals surface area contributed by atoms with E-state index in [4.69, 9.17) is 0 Å². The molecule has 2 aromatic heterocycles. The molecule has 0 unspecified atom stereocenters. The van der Waals surface area contributed by atoms with Gasteiger partial charge in [-0.25, -0.2) is 0 Å². The average molecular weight is 582 g/mol. The van der Waals surface area contributed by atoms with Crippen molar-refractivity contribution in [2.24, 2.45) is 0 Å². The summed E-state index contributed by atoms with van der Waals surface area (Å²) in [5.41, 5.74) is 0.296. The van der Waals surface area contributed by atoms with E-state index in [-0.39, 0.29) is 36.4 Å². The van der Waals surface area contributed by atoms with Crippen LogP contribution in [0, 0.1) is 0 Å². The largest absolute Gasteiger partial charge is 0.416 e. The standard InChI is InChI=1S/C31H34F3N5O3/c1-38(24-9-12-30(42,13-10-24)28-7-5-22(18-37-28)26-19-35-14-15-36-26)25-11-16-39(20-25)29(41)8-6-27(40)21-3-2-4-23(17-21)31(32,33)34/h2-5,7,14-15,17-19,24-25,42H,6,8-13,16,20H2,1H3/t24?,25-,30?/m0/s1. The summed E-state index contributed by atoms with van der Waals surface area (Å²) in [6, 6.07) is 8.49. The number of halogens is 3. The first-order chi connectivity index (χ1) is 20.0. The van der Waals surface area contributed by atoms with Crippen LogP contribution in [0.1, 0.15) is 66.6 Å². The number of pyridine rings is 1. The molecule has 0 bridgehead atoms. The number of aliphatic hydroxyl groups is 1. The predicted molar refractivity (Wildman–Crippen MR) is 149 cm³/mol. The fourth-order valence-electron chi connectivity index (χ4n) is 6.00. The summed E-state index contributed by atoms with van der Waals surface area (Å²) < 4.78 is 38.9. The third kappa shape index (κ3) is 6.68. The van der Waals surface area contributed by atoms with Gasteiger partial charge < -0.3 is 10.0 Å². The minimum atomic E-state index is -4.53. The molecule has 222 valence electrons. The lowest BCUT2D eigenvalue weighted by Crippen LogP contribution is -2.46. The third-order valence-electron chi connectivity index (χ3n) is 8.63. The summed E-state index contributed by atoms with van der Waals surface area (Å²) in [6.45, 7) is 1.11. The minimum Gasteiger partial charge on any atom is -0.384 e. The van der Waals surface area contributed by atoms with Crippen molar-refractivity contribution in [3.63, 3.8) is 0 Å². The van der Waals surface area contributed by atoms with Gasteiger partial charge >= 0.3 is 6.18 Å². The van der Waals surface area contributed by atoms with Crippen LogP contribution in [0.25, 0.3) is 11.3 Å². The molecule has 1 atom stereocenters. The monoisotopic (exact) mass is 581 g/mol. The van der Waals surface area contributed by atoms with E-state index in [1.807, 2.05) is 12.1 Å². The van der Waals surface area contributed by atoms with E-state index < -0.39 is 23.1 Å². The van der Waals surface area contributed by atoms with Crippen molar-refractivity contribution < 1.29 is 27.9 Å². The molecule has 2 aliphatic rings. The number of hydrogen-bond acceptors (Lipinski definition) is 7. The van der Waals surface area contributed by atoms with Crippen LogP contribution in [-0.2, 0) is 16.6 Å². The van der Waals surface area contributed by atoms with E-state index in [1.165, 1.54) is 12.1 Å². The van der Waals surface area contributed by atoms with Crippen LogP contribution in [-0.4, -0.2) is 73.8 Å². The molecule has 3 heterocycles. The van der Waals surface area contributed by atoms with Gasteiger partial charge in [-0.3, -0.25) is 29.4 Å². The number of aromatic nitrogens is 3. The lowest BCUT2D eigenvalue weighted by atomic mass is 9.79. The van der Waals surface area contributed by atoms with Gasteiger partial charge in [-0.05, 0) is 63.4 Å². The van der Waals surface area contributed by atoms with Crippen LogP contribution in [0.2, 0.25) is 0 Å². The summed E-state index contributed by atoms with van der Waals surface area (Å²) in [5, 5.41) is 11.4. The topological polar surface area (TPSA) is 99.5 Å². The van der Waals surface area contributed by atoms with Gasteiger partial charge in [-0.15, -0.1) is 0 Å². The second-order valence-corrected chi connectivity index (χ2v) is 11.2. The van der Waals surface area contributed by atoms with Crippen molar-refractivity contribution in [1.29, 1.82) is 0 Å². The Bertz CT molecular complexity index is 1390. The van der Waals surface area contributed by atoms with Crippen molar-refractivity contribution in [2.75, 3.05) is 20.1 Å². The van der Waals surface area contributed by atoms with E-state index in [1.54, 1.807) is 29.7 Å². The summed E-state index contributed by atoms with van der Waals surface area (Å²) in [4.78, 5) is 42.3. The van der Waals surface area contributed by atoms with Crippen LogP contribution in [0.4, 0.5) is 13.2 Å². The van der Waals surface area contributed by atoms with Gasteiger partial charge in [0.25, 0.3) is 0 Å². The fraction of sp³-hybridized carbons (Fsp3) is 0.452. The lowest BCUT2D eigenvalue weighted by Gasteiger charge is -2.41. The maximum absolute atomic E-state index is 13.0. The molecular weight excluding hydrogens is 547 g/mol. The van der Waals surface area contributed by atoms with Crippen molar-refractivity contribution in [3.05, 3.63) is 78.0 Å². The number of likely N-dealkylation sites (tertiary alicyclic amines) is 1. The number of benzene rings is 1. The van der Waals surface area contributed by atoms with Gasteiger partial charge in [0.2, 0.25) is 5.91 Å². The number of likely N-dealkylation sites (N-methyl/N-ethyl adjacent to an activating group) is 1. The second-order valence-electron chi connectivity index (χ2n) is 11.2. The minimum absolute atomic E-state index is 0.0365. The summed E-state index contributed by atoms with van der Waals surface area (Å²) in [7, 11) is 2.05. The number of rotatable bonds is 8. The first-order valence-corrected chi connectivity index (χ1v) is 14.2. The van der Waals surface area contributed by atoms with Crippen LogP contribution in [0.15, 0.2) is 61.2 Å². The molecule has 8 nitrogen and oxygen atoms in total. The molecule has 2 fully saturated rings. The van der Waals surface area contributed by atoms with Crippen molar-refractivity contribution in [2.45, 2.75) is 68.8 Å². The fourth-order valence-corrected chi connectivity index (χ4v) is 6.00. The number of nitrogens with zero attached hydrogens (tertiary/aromatic N) is 5. The van der Waals surface area contributed by atoms with Crippen molar-refractivity contribution >= 4 is 11.7 Å². The maximum Gasteiger partial charge on any atom is 0.416 e. The Hall–Kier alpha value is -3.70. The first-order valence-electron chi connectivity index (χ1n) is 14.2. The Morgan fingerprint density at radius 2 is 1.81 bits per heavy atom. The van der Waals surface area contributed by atoms with Crippen molar-refractivity contribution in [3.8, 4) is 11.3 Å². The van der Waals surface area contributed by atoms with Gasteiger partial charge in [0.15, 0.2) is 5.78 Å². The Labute approximate surface area is 242 Å². The molecule has 1 N–H and O–H groups in total. The Kier molecular flexibility index (Phi) is 8.70. The van der Waals surface area contributed by atoms with Crippen LogP contribution in [0.3, 0.4) is 0 Å². The Morgan fingerprint density at radius 3 is 2.48 bits per heavy atom. The van der Waals surface area contributed by atoms with E-state index in [0.717, 1.165) is 42.7 Å². The molecule has 1 aliphatic heterocycles. The zero-order valence-corrected chi connectivity index (χ0v) is 23.4. The molecule has 0 radical (unpaired) electrons. The number of carbonyl (C=O) groups is 2. The number of Topliss-reactive ketones (excluding diaryl/α,β-unsaturated/α-hetero) is 1. The van der Waals surface area contributed by atoms with Gasteiger partial charge in [0.05, 0.1) is 23.1 Å². The quantitative estimate of drug-likeness (QED) is 0.379. The smallest absolute Gasteiger partial charge is 0.384 e. The zero-order valence-electron chi connectivity index (χ0n) is 23.4. The summed E-state index contributed by atoms with van der Waals surface area (Å²) in [6.07, 6.45) is 5.46. The van der Waals surface area contributed by atoms with Crippen LogP contribution < -0.4 is 0 Å². The van der Waals surface area contributed by atoms with Crippen LogP contribution in [0.5, 0.6) is 0 Å². The highest BCUT2D eigenvalue weighted by atomic mass is 19.4. The van der Waals surface area contributed by atoms with Crippen LogP contribution >= 0.6 is 0 Å². The van der Waals surface area contributed by atoms with E-state index >= 15 is 0 Å². The number of hydrogen-bond donors (Lipinski definition) is 1. The number of carbonyl (C=O) groups excluding carboxylic acids is 2. The molecule has 11 heteroatoms. The highest BCUT2D eigenvalue weighted by Crippen LogP contribution is 2.39. The number of alkyl halides is 3. The molecule has 1 saturated heterocycles. The molecule has 42 heavy (non-hydrogen) atoms. The third-order valence-corrected chi connectivity index (χ3v) is 8.63. The molecular formula is C31H34F3N5O3. The Balaban J connectivity index is 1.10. The first kappa shape index (κ1) is 29.8. The molecule has 1 aromatic carbocycles. The van der Waals surface area contributed by atoms with E-state index in [9.17, 15) is 27.9 Å². The summed E-state index contributed by atoms with van der Waals surface area (Å²) >= 11 is 0. The van der Waals surface area contributed by atoms with Gasteiger partial charge in [-0.2, -0.15) is 13.2 Å². The Morgan fingerprint density at radius 1 is 1.02 bits per heavy atom. The highest BCUT2D eigenvalue weighted by Gasteiger charge is 2.40. The normalized spacial score (nSPS) is 22.9. The van der Waals surface area contributed by atoms with Gasteiger partial charge in [0, 0.05) is 67.7 Å². The summed E-state index contributed by atoms with van der Waals surface area (Å²) in [5.74, 6) is -0.643. The number of amides is 1. The van der Waals surface area contributed by atoms with E-state index in [0.29, 0.717) is 31.6 Å². The van der Waals surface area contributed by atoms with Crippen molar-refractivity contribution in [1.82, 2.24) is 24.8 Å². The molecule has 1 aliphatic carbocycles. The second kappa shape index (κ2) is 12.3. The molecule has 0 spiro atoms. The maximum atomic E-state index is 13.0. The average Bonchev–Trinajstić information content (AvgIpc) is 3.51. The predicted octanol–water partition coefficient (Wildman–Crippen LogP) is 4.88. The lowest BCUT2D eigenvalue weighted by molar-refractivity contribution is -0.137. The number of ketones is 1. The highest BCUT2D eigenvalue weighted by molar-refractivity contribution is 5.98. The molecule has 3 aromatic rings. The van der Waals surface area contributed by atoms with Gasteiger partial charge in [-0.1, -0.05) is 12.1 Å². The molecule has 1 amide bonds. The van der Waals surface area contributed by atoms with Gasteiger partial charge in [0.1, 0.15) is 5.60 Å². The zero-order chi connectivity index (χ0) is 29.9.